The molecule has 3 amide bonds. The highest BCUT2D eigenvalue weighted by Crippen LogP contribution is 2.52. The van der Waals surface area contributed by atoms with Crippen LogP contribution >= 0.6 is 0 Å². The van der Waals surface area contributed by atoms with Gasteiger partial charge in [0.15, 0.2) is 0 Å². The Balaban J connectivity index is 1.24. The van der Waals surface area contributed by atoms with Crippen molar-refractivity contribution in [3.05, 3.63) is 12.2 Å². The van der Waals surface area contributed by atoms with Crippen LogP contribution in [-0.2, 0) is 14.4 Å². The Kier molecular flexibility index (Phi) is 4.68. The maximum absolute atomic E-state index is 12.7. The summed E-state index contributed by atoms with van der Waals surface area (Å²) in [7, 11) is 0. The lowest BCUT2D eigenvalue weighted by atomic mass is 9.70. The molecule has 0 aromatic carbocycles. The van der Waals surface area contributed by atoms with Gasteiger partial charge in [-0.25, -0.2) is 0 Å². The number of imide groups is 1. The van der Waals surface area contributed by atoms with Crippen molar-refractivity contribution < 1.29 is 14.4 Å². The number of rotatable bonds is 4. The molecule has 2 bridgehead atoms. The van der Waals surface area contributed by atoms with Gasteiger partial charge in [0, 0.05) is 19.0 Å². The molecule has 1 aliphatic heterocycles. The number of nitrogens with zero attached hydrogens (tertiary/aromatic N) is 1. The highest BCUT2D eigenvalue weighted by molar-refractivity contribution is 6.06. The SMILES string of the molecule is CC(C)(C)C1CCC(C(=O)NCCN2C(=O)[C@@H]3[C@H](C2=O)[C@H]2C=C[C@H]3C2)CC1. The van der Waals surface area contributed by atoms with Crippen LogP contribution in [-0.4, -0.2) is 35.7 Å². The molecule has 0 spiro atoms. The van der Waals surface area contributed by atoms with E-state index in [1.54, 1.807) is 0 Å². The van der Waals surface area contributed by atoms with Crippen LogP contribution in [0.4, 0.5) is 0 Å². The molecule has 3 fully saturated rings. The summed E-state index contributed by atoms with van der Waals surface area (Å²) in [5, 5.41) is 2.98. The molecule has 0 aromatic rings. The van der Waals surface area contributed by atoms with Gasteiger partial charge in [0.25, 0.3) is 0 Å². The molecule has 4 atom stereocenters. The summed E-state index contributed by atoms with van der Waals surface area (Å²) in [4.78, 5) is 39.2. The first-order valence-corrected chi connectivity index (χ1v) is 10.6. The maximum Gasteiger partial charge on any atom is 0.233 e. The van der Waals surface area contributed by atoms with Crippen LogP contribution in [0.1, 0.15) is 52.9 Å². The van der Waals surface area contributed by atoms with Crippen molar-refractivity contribution in [2.24, 2.45) is 40.9 Å². The fourth-order valence-corrected chi connectivity index (χ4v) is 5.84. The molecule has 0 unspecified atom stereocenters. The van der Waals surface area contributed by atoms with Gasteiger partial charge in [0.05, 0.1) is 11.8 Å². The van der Waals surface area contributed by atoms with Crippen LogP contribution in [0, 0.1) is 40.9 Å². The second-order valence-electron chi connectivity index (χ2n) is 10.0. The average Bonchev–Trinajstić information content (AvgIpc) is 3.30. The molecule has 1 N–H and O–H groups in total. The van der Waals surface area contributed by atoms with Gasteiger partial charge in [0.1, 0.15) is 0 Å². The van der Waals surface area contributed by atoms with Gasteiger partial charge in [-0.1, -0.05) is 32.9 Å². The Morgan fingerprint density at radius 2 is 1.59 bits per heavy atom. The summed E-state index contributed by atoms with van der Waals surface area (Å²) in [6.45, 7) is 7.52. The first-order valence-electron chi connectivity index (χ1n) is 10.6. The summed E-state index contributed by atoms with van der Waals surface area (Å²) in [5.41, 5.74) is 0.310. The zero-order chi connectivity index (χ0) is 19.3. The minimum absolute atomic E-state index is 0.0261. The van der Waals surface area contributed by atoms with E-state index in [1.165, 1.54) is 4.90 Å². The number of hydrogen-bond donors (Lipinski definition) is 1. The molecule has 148 valence electrons. The molecular weight excluding hydrogens is 340 g/mol. The molecule has 0 aromatic heterocycles. The predicted octanol–water partition coefficient (Wildman–Crippen LogP) is 2.76. The topological polar surface area (TPSA) is 66.5 Å². The van der Waals surface area contributed by atoms with Crippen molar-refractivity contribution in [1.29, 1.82) is 0 Å². The molecule has 1 heterocycles. The molecule has 5 heteroatoms. The number of likely N-dealkylation sites (tertiary alicyclic amines) is 1. The summed E-state index contributed by atoms with van der Waals surface area (Å²) >= 11 is 0. The standard InChI is InChI=1S/C22H32N2O3/c1-22(2,3)16-8-6-13(7-9-16)19(25)23-10-11-24-20(26)17-14-4-5-15(12-14)18(17)21(24)27/h4-5,13-18H,6-12H2,1-3H3,(H,23,25)/t13?,14-,15-,16?,17-,18+/m0/s1. The normalized spacial score (nSPS) is 37.8. The summed E-state index contributed by atoms with van der Waals surface area (Å²) in [5.74, 6) is 1.000. The van der Waals surface area contributed by atoms with Crippen molar-refractivity contribution in [3.8, 4) is 0 Å². The molecule has 1 saturated heterocycles. The van der Waals surface area contributed by atoms with Crippen LogP contribution in [0.3, 0.4) is 0 Å². The largest absolute Gasteiger partial charge is 0.354 e. The van der Waals surface area contributed by atoms with Crippen molar-refractivity contribution in [1.82, 2.24) is 10.2 Å². The van der Waals surface area contributed by atoms with E-state index in [0.29, 0.717) is 24.4 Å². The zero-order valence-electron chi connectivity index (χ0n) is 16.7. The van der Waals surface area contributed by atoms with E-state index >= 15 is 0 Å². The molecule has 5 nitrogen and oxygen atoms in total. The third-order valence-electron chi connectivity index (χ3n) is 7.52. The molecule has 0 radical (unpaired) electrons. The van der Waals surface area contributed by atoms with Gasteiger partial charge < -0.3 is 5.32 Å². The molecule has 4 aliphatic rings. The quantitative estimate of drug-likeness (QED) is 0.609. The van der Waals surface area contributed by atoms with Crippen molar-refractivity contribution >= 4 is 17.7 Å². The van der Waals surface area contributed by atoms with Crippen LogP contribution in [0.25, 0.3) is 0 Å². The van der Waals surface area contributed by atoms with Gasteiger partial charge in [0.2, 0.25) is 17.7 Å². The van der Waals surface area contributed by atoms with Crippen molar-refractivity contribution in [3.63, 3.8) is 0 Å². The lowest BCUT2D eigenvalue weighted by Gasteiger charge is -2.36. The smallest absolute Gasteiger partial charge is 0.233 e. The number of carbonyl (C=O) groups is 3. The number of carbonyl (C=O) groups excluding carboxylic acids is 3. The molecule has 4 rings (SSSR count). The first-order chi connectivity index (χ1) is 12.8. The highest BCUT2D eigenvalue weighted by Gasteiger charge is 2.58. The van der Waals surface area contributed by atoms with Crippen molar-refractivity contribution in [2.45, 2.75) is 52.9 Å². The second kappa shape index (κ2) is 6.75. The number of amides is 3. The highest BCUT2D eigenvalue weighted by atomic mass is 16.2. The lowest BCUT2D eigenvalue weighted by Crippen LogP contribution is -2.42. The Bertz CT molecular complexity index is 640. The maximum atomic E-state index is 12.7. The number of allylic oxidation sites excluding steroid dienone is 2. The fraction of sp³-hybridized carbons (Fsp3) is 0.773. The Labute approximate surface area is 161 Å². The van der Waals surface area contributed by atoms with Crippen molar-refractivity contribution in [2.75, 3.05) is 13.1 Å². The third kappa shape index (κ3) is 3.23. The molecular formula is C22H32N2O3. The number of nitrogens with one attached hydrogen (secondary N) is 1. The molecule has 2 saturated carbocycles. The van der Waals surface area contributed by atoms with Gasteiger partial charge in [-0.15, -0.1) is 0 Å². The van der Waals surface area contributed by atoms with E-state index in [2.05, 4.69) is 38.2 Å². The third-order valence-corrected chi connectivity index (χ3v) is 7.52. The van der Waals surface area contributed by atoms with E-state index in [-0.39, 0.29) is 47.3 Å². The van der Waals surface area contributed by atoms with Gasteiger partial charge >= 0.3 is 0 Å². The minimum Gasteiger partial charge on any atom is -0.354 e. The van der Waals surface area contributed by atoms with Crippen LogP contribution in [0.5, 0.6) is 0 Å². The van der Waals surface area contributed by atoms with E-state index in [4.69, 9.17) is 0 Å². The van der Waals surface area contributed by atoms with Crippen LogP contribution < -0.4 is 5.32 Å². The van der Waals surface area contributed by atoms with E-state index in [9.17, 15) is 14.4 Å². The summed E-state index contributed by atoms with van der Waals surface area (Å²) < 4.78 is 0. The van der Waals surface area contributed by atoms with E-state index in [0.717, 1.165) is 32.1 Å². The molecule has 27 heavy (non-hydrogen) atoms. The summed E-state index contributed by atoms with van der Waals surface area (Å²) in [6.07, 6.45) is 9.25. The zero-order valence-corrected chi connectivity index (χ0v) is 16.7. The second-order valence-corrected chi connectivity index (χ2v) is 10.0. The van der Waals surface area contributed by atoms with E-state index in [1.807, 2.05) is 0 Å². The van der Waals surface area contributed by atoms with Gasteiger partial charge in [-0.3, -0.25) is 19.3 Å². The van der Waals surface area contributed by atoms with Crippen LogP contribution in [0.2, 0.25) is 0 Å². The monoisotopic (exact) mass is 372 g/mol. The predicted molar refractivity (Wildman–Crippen MR) is 102 cm³/mol. The van der Waals surface area contributed by atoms with Crippen LogP contribution in [0.15, 0.2) is 12.2 Å². The minimum atomic E-state index is -0.143. The van der Waals surface area contributed by atoms with E-state index < -0.39 is 0 Å². The number of hydrogen-bond acceptors (Lipinski definition) is 3. The molecule has 3 aliphatic carbocycles. The van der Waals surface area contributed by atoms with Gasteiger partial charge in [-0.05, 0) is 55.3 Å². The number of fused-ring (bicyclic) bond motifs is 5. The fourth-order valence-electron chi connectivity index (χ4n) is 5.84. The average molecular weight is 373 g/mol. The first kappa shape index (κ1) is 18.7. The van der Waals surface area contributed by atoms with Gasteiger partial charge in [-0.2, -0.15) is 0 Å². The summed E-state index contributed by atoms with van der Waals surface area (Å²) in [6, 6.07) is 0. The Morgan fingerprint density at radius 3 is 2.11 bits per heavy atom. The Hall–Kier alpha value is -1.65. The Morgan fingerprint density at radius 1 is 1.04 bits per heavy atom. The lowest BCUT2D eigenvalue weighted by molar-refractivity contribution is -0.141.